The molecule has 0 saturated carbocycles. The highest BCUT2D eigenvalue weighted by Gasteiger charge is 2.40. The van der Waals surface area contributed by atoms with Gasteiger partial charge in [-0.25, -0.2) is 9.67 Å². The maximum Gasteiger partial charge on any atom is 0.259 e. The monoisotopic (exact) mass is 589 g/mol. The summed E-state index contributed by atoms with van der Waals surface area (Å²) >= 11 is 0. The fraction of sp³-hybridized carbons (Fsp3) is 0.467. The quantitative estimate of drug-likeness (QED) is 0.483. The van der Waals surface area contributed by atoms with E-state index in [-0.39, 0.29) is 49.3 Å². The summed E-state index contributed by atoms with van der Waals surface area (Å²) in [4.78, 5) is 48.1. The summed E-state index contributed by atoms with van der Waals surface area (Å²) < 4.78 is 18.8. The lowest BCUT2D eigenvalue weighted by atomic mass is 9.99. The van der Waals surface area contributed by atoms with Crippen LogP contribution in [-0.4, -0.2) is 94.9 Å². The van der Waals surface area contributed by atoms with Crippen molar-refractivity contribution in [1.82, 2.24) is 35.1 Å². The van der Waals surface area contributed by atoms with Crippen LogP contribution in [0.1, 0.15) is 56.6 Å². The number of carbonyl (C=O) groups excluding carboxylic acids is 3. The molecule has 1 fully saturated rings. The standard InChI is InChI=1S/C30H35N7O6/c1-35-11-10-31-26(38)13-19-14-36(30(40)22-12-18-6-4-8-23(18)32-28(22)42-3)16-24(19)37-15-20(33-34-37)17-43-27-21(29(35)39)7-5-9-25(27)41-2/h5,7,9,12,15,19,24H,4,6,8,10-11,13-14,16-17H2,1-3H3,(H,31,38)/t19-,24+/m0/s1. The average Bonchev–Trinajstić information content (AvgIpc) is 3.77. The van der Waals surface area contributed by atoms with Gasteiger partial charge in [0.25, 0.3) is 11.8 Å². The van der Waals surface area contributed by atoms with Crippen molar-refractivity contribution in [3.05, 3.63) is 58.5 Å². The van der Waals surface area contributed by atoms with Crippen molar-refractivity contribution < 1.29 is 28.6 Å². The van der Waals surface area contributed by atoms with Crippen LogP contribution < -0.4 is 19.5 Å². The molecular formula is C30H35N7O6. The number of fused-ring (bicyclic) bond motifs is 6. The van der Waals surface area contributed by atoms with Gasteiger partial charge in [0.2, 0.25) is 11.8 Å². The van der Waals surface area contributed by atoms with Crippen LogP contribution in [0.15, 0.2) is 30.5 Å². The zero-order chi connectivity index (χ0) is 30.1. The SMILES string of the molecule is COc1cccc2c1OCc1cn(nn1)[C@@H]1CN(C(=O)c3cc4c(nc3OC)CCC4)C[C@@H]1CC(=O)NCCN(C)C2=O. The highest BCUT2D eigenvalue weighted by molar-refractivity contribution is 5.98. The third kappa shape index (κ3) is 5.58. The van der Waals surface area contributed by atoms with Crippen molar-refractivity contribution >= 4 is 17.7 Å². The minimum Gasteiger partial charge on any atom is -0.493 e. The van der Waals surface area contributed by atoms with Gasteiger partial charge in [0, 0.05) is 51.3 Å². The molecule has 2 aromatic heterocycles. The summed E-state index contributed by atoms with van der Waals surface area (Å²) in [5.74, 6) is 0.206. The Bertz CT molecular complexity index is 1560. The highest BCUT2D eigenvalue weighted by Crippen LogP contribution is 2.35. The van der Waals surface area contributed by atoms with Crippen LogP contribution in [-0.2, 0) is 24.2 Å². The van der Waals surface area contributed by atoms with Crippen molar-refractivity contribution in [2.45, 2.75) is 38.3 Å². The number of aryl methyl sites for hydroxylation is 2. The molecule has 3 aromatic rings. The first kappa shape index (κ1) is 28.4. The average molecular weight is 590 g/mol. The lowest BCUT2D eigenvalue weighted by Crippen LogP contribution is -2.37. The molecule has 0 unspecified atom stereocenters. The summed E-state index contributed by atoms with van der Waals surface area (Å²) in [7, 11) is 4.71. The first-order chi connectivity index (χ1) is 20.9. The smallest absolute Gasteiger partial charge is 0.259 e. The van der Waals surface area contributed by atoms with Crippen molar-refractivity contribution in [2.24, 2.45) is 5.92 Å². The van der Waals surface area contributed by atoms with Gasteiger partial charge >= 0.3 is 0 Å². The molecule has 226 valence electrons. The third-order valence-corrected chi connectivity index (χ3v) is 8.39. The van der Waals surface area contributed by atoms with E-state index in [1.807, 2.05) is 6.07 Å². The van der Waals surface area contributed by atoms with Gasteiger partial charge in [-0.2, -0.15) is 0 Å². The lowest BCUT2D eigenvalue weighted by molar-refractivity contribution is -0.122. The Morgan fingerprint density at radius 1 is 1.14 bits per heavy atom. The van der Waals surface area contributed by atoms with Crippen LogP contribution in [0.5, 0.6) is 17.4 Å². The molecule has 1 N–H and O–H groups in total. The van der Waals surface area contributed by atoms with Gasteiger partial charge in [0.1, 0.15) is 17.9 Å². The molecule has 43 heavy (non-hydrogen) atoms. The maximum atomic E-state index is 13.8. The van der Waals surface area contributed by atoms with E-state index in [1.54, 1.807) is 41.0 Å². The van der Waals surface area contributed by atoms with Gasteiger partial charge in [-0.1, -0.05) is 11.3 Å². The van der Waals surface area contributed by atoms with Crippen molar-refractivity contribution in [1.29, 1.82) is 0 Å². The number of aromatic nitrogens is 4. The number of ether oxygens (including phenoxy) is 3. The van der Waals surface area contributed by atoms with Crippen LogP contribution in [0.2, 0.25) is 0 Å². The summed E-state index contributed by atoms with van der Waals surface area (Å²) in [5, 5.41) is 11.6. The topological polar surface area (TPSA) is 141 Å². The van der Waals surface area contributed by atoms with Crippen LogP contribution >= 0.6 is 0 Å². The Hall–Kier alpha value is -4.68. The predicted octanol–water partition coefficient (Wildman–Crippen LogP) is 1.66. The number of rotatable bonds is 3. The van der Waals surface area contributed by atoms with Crippen LogP contribution in [0.25, 0.3) is 0 Å². The lowest BCUT2D eigenvalue weighted by Gasteiger charge is -2.21. The van der Waals surface area contributed by atoms with Gasteiger partial charge < -0.3 is 29.3 Å². The fourth-order valence-corrected chi connectivity index (χ4v) is 6.11. The van der Waals surface area contributed by atoms with Gasteiger partial charge in [0.15, 0.2) is 11.5 Å². The first-order valence-corrected chi connectivity index (χ1v) is 14.4. The Morgan fingerprint density at radius 3 is 2.81 bits per heavy atom. The summed E-state index contributed by atoms with van der Waals surface area (Å²) in [5.41, 5.74) is 3.36. The second-order valence-corrected chi connectivity index (χ2v) is 11.1. The van der Waals surface area contributed by atoms with Gasteiger partial charge in [-0.05, 0) is 43.0 Å². The second kappa shape index (κ2) is 11.9. The number of pyridine rings is 1. The van der Waals surface area contributed by atoms with E-state index in [1.165, 1.54) is 19.1 Å². The largest absolute Gasteiger partial charge is 0.493 e. The molecule has 4 heterocycles. The highest BCUT2D eigenvalue weighted by atomic mass is 16.5. The van der Waals surface area contributed by atoms with E-state index in [9.17, 15) is 14.4 Å². The van der Waals surface area contributed by atoms with Gasteiger partial charge in [0.05, 0.1) is 32.0 Å². The number of nitrogens with zero attached hydrogens (tertiary/aromatic N) is 6. The molecule has 1 aromatic carbocycles. The molecule has 2 bridgehead atoms. The molecule has 6 rings (SSSR count). The molecule has 3 aliphatic rings. The fourth-order valence-electron chi connectivity index (χ4n) is 6.11. The van der Waals surface area contributed by atoms with Gasteiger partial charge in [-0.3, -0.25) is 14.4 Å². The number of likely N-dealkylation sites (N-methyl/N-ethyl adjacent to an activating group) is 1. The number of nitrogens with one attached hydrogen (secondary N) is 1. The molecule has 13 heteroatoms. The minimum atomic E-state index is -0.289. The summed E-state index contributed by atoms with van der Waals surface area (Å²) in [6, 6.07) is 6.74. The van der Waals surface area contributed by atoms with Crippen molar-refractivity contribution in [3.63, 3.8) is 0 Å². The van der Waals surface area contributed by atoms with Gasteiger partial charge in [-0.15, -0.1) is 5.10 Å². The molecule has 2 aliphatic heterocycles. The summed E-state index contributed by atoms with van der Waals surface area (Å²) in [6.07, 6.45) is 4.71. The molecule has 0 radical (unpaired) electrons. The van der Waals surface area contributed by atoms with Crippen LogP contribution in [0, 0.1) is 5.92 Å². The second-order valence-electron chi connectivity index (χ2n) is 11.1. The number of carbonyl (C=O) groups is 3. The predicted molar refractivity (Wildman–Crippen MR) is 153 cm³/mol. The van der Waals surface area contributed by atoms with E-state index < -0.39 is 0 Å². The Balaban J connectivity index is 1.29. The molecule has 1 aliphatic carbocycles. The minimum absolute atomic E-state index is 0.0445. The number of likely N-dealkylation sites (tertiary alicyclic amines) is 1. The Morgan fingerprint density at radius 2 is 2.00 bits per heavy atom. The number of hydrogen-bond acceptors (Lipinski definition) is 9. The molecular weight excluding hydrogens is 554 g/mol. The van der Waals surface area contributed by atoms with E-state index in [0.29, 0.717) is 53.8 Å². The number of para-hydroxylation sites is 1. The zero-order valence-corrected chi connectivity index (χ0v) is 24.5. The zero-order valence-electron chi connectivity index (χ0n) is 24.5. The maximum absolute atomic E-state index is 13.8. The number of benzene rings is 1. The molecule has 1 saturated heterocycles. The molecule has 13 nitrogen and oxygen atoms in total. The number of amides is 3. The molecule has 0 spiro atoms. The Labute approximate surface area is 249 Å². The van der Waals surface area contributed by atoms with Crippen molar-refractivity contribution in [3.8, 4) is 17.4 Å². The van der Waals surface area contributed by atoms with E-state index in [0.717, 1.165) is 30.5 Å². The number of hydrogen-bond donors (Lipinski definition) is 1. The third-order valence-electron chi connectivity index (χ3n) is 8.39. The van der Waals surface area contributed by atoms with E-state index in [4.69, 9.17) is 14.2 Å². The summed E-state index contributed by atoms with van der Waals surface area (Å²) in [6.45, 7) is 1.31. The first-order valence-electron chi connectivity index (χ1n) is 14.4. The van der Waals surface area contributed by atoms with E-state index in [2.05, 4.69) is 20.6 Å². The van der Waals surface area contributed by atoms with Crippen LogP contribution in [0.3, 0.4) is 0 Å². The molecule has 2 atom stereocenters. The van der Waals surface area contributed by atoms with E-state index >= 15 is 0 Å². The Kier molecular flexibility index (Phi) is 7.87. The van der Waals surface area contributed by atoms with Crippen LogP contribution in [0.4, 0.5) is 0 Å². The number of methoxy groups -OCH3 is 2. The van der Waals surface area contributed by atoms with Crippen molar-refractivity contribution in [2.75, 3.05) is 47.4 Å². The normalized spacial score (nSPS) is 20.5. The molecule has 3 amide bonds.